The third-order valence-corrected chi connectivity index (χ3v) is 4.23. The van der Waals surface area contributed by atoms with Crippen molar-refractivity contribution in [1.29, 1.82) is 0 Å². The molecule has 1 aromatic carbocycles. The number of benzene rings is 1. The van der Waals surface area contributed by atoms with Crippen LogP contribution in [0.15, 0.2) is 53.6 Å². The van der Waals surface area contributed by atoms with Crippen LogP contribution in [0, 0.1) is 0 Å². The first-order valence-electron chi connectivity index (χ1n) is 5.78. The van der Waals surface area contributed by atoms with Gasteiger partial charge in [0.1, 0.15) is 10.7 Å². The first kappa shape index (κ1) is 13.5. The Morgan fingerprint density at radius 2 is 1.84 bits per heavy atom. The van der Waals surface area contributed by atoms with Crippen molar-refractivity contribution >= 4 is 15.8 Å². The Labute approximate surface area is 112 Å². The molecule has 0 unspecified atom stereocenters. The number of pyridine rings is 1. The van der Waals surface area contributed by atoms with Gasteiger partial charge in [-0.2, -0.15) is 0 Å². The normalized spacial score (nSPS) is 13.1. The van der Waals surface area contributed by atoms with Gasteiger partial charge in [-0.05, 0) is 24.6 Å². The quantitative estimate of drug-likeness (QED) is 0.890. The number of aromatic nitrogens is 1. The van der Waals surface area contributed by atoms with E-state index in [0.717, 1.165) is 5.56 Å². The molecule has 0 aliphatic heterocycles. The van der Waals surface area contributed by atoms with Gasteiger partial charge in [-0.15, -0.1) is 0 Å². The molecule has 1 heterocycles. The fourth-order valence-electron chi connectivity index (χ4n) is 1.66. The number of rotatable bonds is 4. The van der Waals surface area contributed by atoms with Gasteiger partial charge < -0.3 is 5.73 Å². The molecular weight excluding hydrogens is 262 g/mol. The molecule has 5 nitrogen and oxygen atoms in total. The molecule has 0 saturated heterocycles. The van der Waals surface area contributed by atoms with E-state index in [1.807, 2.05) is 30.3 Å². The van der Waals surface area contributed by atoms with Crippen LogP contribution >= 0.6 is 0 Å². The maximum Gasteiger partial charge on any atom is 0.242 e. The highest BCUT2D eigenvalue weighted by Gasteiger charge is 2.18. The number of hydrogen-bond donors (Lipinski definition) is 2. The van der Waals surface area contributed by atoms with Crippen molar-refractivity contribution < 1.29 is 8.42 Å². The topological polar surface area (TPSA) is 85.1 Å². The third-order valence-electron chi connectivity index (χ3n) is 2.70. The lowest BCUT2D eigenvalue weighted by atomic mass is 10.1. The minimum Gasteiger partial charge on any atom is -0.384 e. The van der Waals surface area contributed by atoms with Crippen molar-refractivity contribution in [3.8, 4) is 0 Å². The standard InChI is InChI=1S/C13H15N3O2S/c1-10(11-5-3-2-4-6-11)16-19(17,18)12-7-8-13(14)15-9-12/h2-10,16H,1H3,(H2,14,15)/t10-/m1/s1. The molecule has 0 fully saturated rings. The molecule has 2 rings (SSSR count). The van der Waals surface area contributed by atoms with Crippen LogP contribution in [0.4, 0.5) is 5.82 Å². The molecule has 2 aromatic rings. The lowest BCUT2D eigenvalue weighted by Gasteiger charge is -2.14. The Bertz CT molecular complexity index is 639. The van der Waals surface area contributed by atoms with Crippen molar-refractivity contribution in [3.63, 3.8) is 0 Å². The van der Waals surface area contributed by atoms with Crippen molar-refractivity contribution in [1.82, 2.24) is 9.71 Å². The monoisotopic (exact) mass is 277 g/mol. The molecule has 0 aliphatic rings. The lowest BCUT2D eigenvalue weighted by Crippen LogP contribution is -2.27. The van der Waals surface area contributed by atoms with Gasteiger partial charge in [0.15, 0.2) is 0 Å². The van der Waals surface area contributed by atoms with Crippen LogP contribution in [-0.4, -0.2) is 13.4 Å². The number of nitrogens with two attached hydrogens (primary N) is 1. The van der Waals surface area contributed by atoms with E-state index in [1.54, 1.807) is 6.92 Å². The highest BCUT2D eigenvalue weighted by Crippen LogP contribution is 2.16. The second-order valence-electron chi connectivity index (χ2n) is 4.17. The minimum absolute atomic E-state index is 0.101. The molecule has 0 amide bonds. The van der Waals surface area contributed by atoms with Crippen molar-refractivity contribution in [2.45, 2.75) is 17.9 Å². The molecule has 0 spiro atoms. The third kappa shape index (κ3) is 3.30. The SMILES string of the molecule is C[C@@H](NS(=O)(=O)c1ccc(N)nc1)c1ccccc1. The van der Waals surface area contributed by atoms with Gasteiger partial charge in [-0.25, -0.2) is 18.1 Å². The number of nitrogen functional groups attached to an aromatic ring is 1. The molecule has 0 aliphatic carbocycles. The maximum atomic E-state index is 12.1. The van der Waals surface area contributed by atoms with E-state index in [0.29, 0.717) is 0 Å². The van der Waals surface area contributed by atoms with Gasteiger partial charge >= 0.3 is 0 Å². The Hall–Kier alpha value is -1.92. The summed E-state index contributed by atoms with van der Waals surface area (Å²) in [6.45, 7) is 1.79. The summed E-state index contributed by atoms with van der Waals surface area (Å²) in [6.07, 6.45) is 1.25. The lowest BCUT2D eigenvalue weighted by molar-refractivity contribution is 0.566. The number of anilines is 1. The Morgan fingerprint density at radius 1 is 1.16 bits per heavy atom. The summed E-state index contributed by atoms with van der Waals surface area (Å²) in [4.78, 5) is 3.89. The van der Waals surface area contributed by atoms with Crippen LogP contribution in [0.25, 0.3) is 0 Å². The van der Waals surface area contributed by atoms with E-state index in [1.165, 1.54) is 18.3 Å². The molecule has 1 aromatic heterocycles. The zero-order valence-corrected chi connectivity index (χ0v) is 11.3. The average molecular weight is 277 g/mol. The van der Waals surface area contributed by atoms with Crippen LogP contribution < -0.4 is 10.5 Å². The Morgan fingerprint density at radius 3 is 2.42 bits per heavy atom. The first-order chi connectivity index (χ1) is 8.99. The van der Waals surface area contributed by atoms with Crippen molar-refractivity contribution in [3.05, 3.63) is 54.2 Å². The van der Waals surface area contributed by atoms with Crippen LogP contribution in [0.1, 0.15) is 18.5 Å². The molecule has 0 radical (unpaired) electrons. The van der Waals surface area contributed by atoms with Gasteiger partial charge in [0.25, 0.3) is 0 Å². The average Bonchev–Trinajstić information content (AvgIpc) is 2.40. The van der Waals surface area contributed by atoms with Crippen LogP contribution in [-0.2, 0) is 10.0 Å². The zero-order valence-electron chi connectivity index (χ0n) is 10.4. The van der Waals surface area contributed by atoms with Crippen LogP contribution in [0.2, 0.25) is 0 Å². The molecule has 0 saturated carbocycles. The summed E-state index contributed by atoms with van der Waals surface area (Å²) in [7, 11) is -3.59. The van der Waals surface area contributed by atoms with Gasteiger partial charge in [-0.1, -0.05) is 30.3 Å². The molecule has 100 valence electrons. The summed E-state index contributed by atoms with van der Waals surface area (Å²) >= 11 is 0. The summed E-state index contributed by atoms with van der Waals surface area (Å²) in [5, 5.41) is 0. The molecule has 19 heavy (non-hydrogen) atoms. The summed E-state index contributed by atoms with van der Waals surface area (Å²) in [6, 6.07) is 11.9. The highest BCUT2D eigenvalue weighted by molar-refractivity contribution is 7.89. The maximum absolute atomic E-state index is 12.1. The smallest absolute Gasteiger partial charge is 0.242 e. The van der Waals surface area contributed by atoms with Crippen molar-refractivity contribution in [2.75, 3.05) is 5.73 Å². The van der Waals surface area contributed by atoms with E-state index in [9.17, 15) is 8.42 Å². The summed E-state index contributed by atoms with van der Waals surface area (Å²) < 4.78 is 26.9. The second-order valence-corrected chi connectivity index (χ2v) is 5.89. The van der Waals surface area contributed by atoms with Gasteiger partial charge in [0.2, 0.25) is 10.0 Å². The van der Waals surface area contributed by atoms with Gasteiger partial charge in [0, 0.05) is 12.2 Å². The molecular formula is C13H15N3O2S. The molecule has 6 heteroatoms. The number of sulfonamides is 1. The second kappa shape index (κ2) is 5.38. The van der Waals surface area contributed by atoms with E-state index in [2.05, 4.69) is 9.71 Å². The number of nitrogens with zero attached hydrogens (tertiary/aromatic N) is 1. The predicted octanol–water partition coefficient (Wildman–Crippen LogP) is 1.70. The van der Waals surface area contributed by atoms with Gasteiger partial charge in [0.05, 0.1) is 0 Å². The zero-order chi connectivity index (χ0) is 13.9. The molecule has 1 atom stereocenters. The largest absolute Gasteiger partial charge is 0.384 e. The van der Waals surface area contributed by atoms with E-state index in [4.69, 9.17) is 5.73 Å². The minimum atomic E-state index is -3.59. The van der Waals surface area contributed by atoms with Crippen LogP contribution in [0.5, 0.6) is 0 Å². The Balaban J connectivity index is 2.20. The fourth-order valence-corrected chi connectivity index (χ4v) is 2.84. The molecule has 3 N–H and O–H groups in total. The fraction of sp³-hybridized carbons (Fsp3) is 0.154. The van der Waals surface area contributed by atoms with Crippen LogP contribution in [0.3, 0.4) is 0 Å². The summed E-state index contributed by atoms with van der Waals surface area (Å²) in [5.74, 6) is 0.287. The van der Waals surface area contributed by atoms with E-state index < -0.39 is 10.0 Å². The summed E-state index contributed by atoms with van der Waals surface area (Å²) in [5.41, 5.74) is 6.33. The Kier molecular flexibility index (Phi) is 3.82. The van der Waals surface area contributed by atoms with Gasteiger partial charge in [-0.3, -0.25) is 0 Å². The van der Waals surface area contributed by atoms with Crippen molar-refractivity contribution in [2.24, 2.45) is 0 Å². The predicted molar refractivity (Wildman–Crippen MR) is 73.8 cm³/mol. The van der Waals surface area contributed by atoms with E-state index in [-0.39, 0.29) is 16.8 Å². The van der Waals surface area contributed by atoms with E-state index >= 15 is 0 Å². The highest BCUT2D eigenvalue weighted by atomic mass is 32.2. The molecule has 0 bridgehead atoms. The first-order valence-corrected chi connectivity index (χ1v) is 7.26. The number of nitrogens with one attached hydrogen (secondary N) is 1. The number of hydrogen-bond acceptors (Lipinski definition) is 4.